The van der Waals surface area contributed by atoms with Crippen molar-refractivity contribution in [1.29, 1.82) is 0 Å². The minimum atomic E-state index is -1.05. The van der Waals surface area contributed by atoms with Gasteiger partial charge in [0, 0.05) is 6.54 Å². The van der Waals surface area contributed by atoms with Crippen LogP contribution in [-0.2, 0) is 9.53 Å². The van der Waals surface area contributed by atoms with E-state index in [1.165, 1.54) is 13.3 Å². The molecule has 0 bridgehead atoms. The highest BCUT2D eigenvalue weighted by Gasteiger charge is 2.28. The number of halogens is 1. The minimum Gasteiger partial charge on any atom is -0.479 e. The maximum atomic E-state index is 13.8. The van der Waals surface area contributed by atoms with E-state index in [9.17, 15) is 9.18 Å². The second-order valence-corrected chi connectivity index (χ2v) is 3.74. The number of aliphatic carboxylic acids is 1. The smallest absolute Gasteiger partial charge is 0.334 e. The molecule has 0 aliphatic carbocycles. The van der Waals surface area contributed by atoms with Gasteiger partial charge in [-0.25, -0.2) is 19.2 Å². The van der Waals surface area contributed by atoms with Gasteiger partial charge in [0.25, 0.3) is 0 Å². The first-order valence-electron chi connectivity index (χ1n) is 5.16. The lowest BCUT2D eigenvalue weighted by Crippen LogP contribution is -2.46. The molecule has 1 N–H and O–H groups in total. The summed E-state index contributed by atoms with van der Waals surface area (Å²) >= 11 is 0. The maximum absolute atomic E-state index is 13.8. The van der Waals surface area contributed by atoms with Gasteiger partial charge in [0.1, 0.15) is 6.33 Å². The molecule has 92 valence electrons. The standard InChI is InChI=1S/C10H12FN3O3/c1-6-8(11)9(13-5-12-6)14-2-3-17-7(4-14)10(15)16/h5,7H,2-4H2,1H3,(H,15,16). The number of carbonyl (C=O) groups is 1. The molecule has 7 heteroatoms. The molecule has 1 atom stereocenters. The van der Waals surface area contributed by atoms with Crippen molar-refractivity contribution in [3.63, 3.8) is 0 Å². The summed E-state index contributed by atoms with van der Waals surface area (Å²) in [7, 11) is 0. The van der Waals surface area contributed by atoms with Crippen LogP contribution < -0.4 is 4.90 Å². The van der Waals surface area contributed by atoms with Crippen LogP contribution in [0.3, 0.4) is 0 Å². The molecule has 2 rings (SSSR count). The van der Waals surface area contributed by atoms with Gasteiger partial charge in [-0.1, -0.05) is 0 Å². The monoisotopic (exact) mass is 241 g/mol. The zero-order chi connectivity index (χ0) is 12.4. The van der Waals surface area contributed by atoms with E-state index in [0.717, 1.165) is 0 Å². The van der Waals surface area contributed by atoms with Crippen molar-refractivity contribution in [3.05, 3.63) is 17.8 Å². The highest BCUT2D eigenvalue weighted by Crippen LogP contribution is 2.19. The number of hydrogen-bond donors (Lipinski definition) is 1. The van der Waals surface area contributed by atoms with Crippen molar-refractivity contribution in [3.8, 4) is 0 Å². The van der Waals surface area contributed by atoms with E-state index in [4.69, 9.17) is 9.84 Å². The van der Waals surface area contributed by atoms with Crippen LogP contribution in [0.15, 0.2) is 6.33 Å². The third-order valence-electron chi connectivity index (χ3n) is 2.59. The van der Waals surface area contributed by atoms with Crippen molar-refractivity contribution in [2.45, 2.75) is 13.0 Å². The largest absolute Gasteiger partial charge is 0.479 e. The molecule has 1 aromatic heterocycles. The van der Waals surface area contributed by atoms with Gasteiger partial charge in [-0.3, -0.25) is 0 Å². The number of nitrogens with zero attached hydrogens (tertiary/aromatic N) is 3. The molecule has 1 saturated heterocycles. The van der Waals surface area contributed by atoms with Gasteiger partial charge in [-0.05, 0) is 6.92 Å². The molecular weight excluding hydrogens is 229 g/mol. The average molecular weight is 241 g/mol. The normalized spacial score (nSPS) is 20.4. The van der Waals surface area contributed by atoms with Crippen molar-refractivity contribution in [1.82, 2.24) is 9.97 Å². The lowest BCUT2D eigenvalue weighted by Gasteiger charge is -2.31. The van der Waals surface area contributed by atoms with Crippen LogP contribution in [0.1, 0.15) is 5.69 Å². The van der Waals surface area contributed by atoms with Crippen LogP contribution in [0.2, 0.25) is 0 Å². The lowest BCUT2D eigenvalue weighted by molar-refractivity contribution is -0.150. The molecule has 1 aliphatic rings. The van der Waals surface area contributed by atoms with E-state index in [1.54, 1.807) is 4.90 Å². The molecule has 2 heterocycles. The summed E-state index contributed by atoms with van der Waals surface area (Å²) in [5.41, 5.74) is 0.244. The lowest BCUT2D eigenvalue weighted by atomic mass is 10.2. The van der Waals surface area contributed by atoms with E-state index in [1.807, 2.05) is 0 Å². The van der Waals surface area contributed by atoms with Crippen LogP contribution in [0.4, 0.5) is 10.2 Å². The summed E-state index contributed by atoms with van der Waals surface area (Å²) in [6, 6.07) is 0. The number of morpholine rings is 1. The summed E-state index contributed by atoms with van der Waals surface area (Å²) in [6.07, 6.45) is 0.317. The van der Waals surface area contributed by atoms with E-state index in [2.05, 4.69) is 9.97 Å². The van der Waals surface area contributed by atoms with E-state index < -0.39 is 17.9 Å². The van der Waals surface area contributed by atoms with Crippen molar-refractivity contribution >= 4 is 11.8 Å². The van der Waals surface area contributed by atoms with Gasteiger partial charge in [0.05, 0.1) is 18.8 Å². The first kappa shape index (κ1) is 11.7. The molecule has 1 aliphatic heterocycles. The molecule has 6 nitrogen and oxygen atoms in total. The Balaban J connectivity index is 2.22. The van der Waals surface area contributed by atoms with E-state index >= 15 is 0 Å². The Labute approximate surface area is 97.0 Å². The number of hydrogen-bond acceptors (Lipinski definition) is 5. The number of aryl methyl sites for hydroxylation is 1. The van der Waals surface area contributed by atoms with Crippen LogP contribution in [0.5, 0.6) is 0 Å². The number of rotatable bonds is 2. The summed E-state index contributed by atoms with van der Waals surface area (Å²) in [4.78, 5) is 19.9. The predicted octanol–water partition coefficient (Wildman–Crippen LogP) is 0.214. The molecule has 1 unspecified atom stereocenters. The first-order valence-corrected chi connectivity index (χ1v) is 5.16. The van der Waals surface area contributed by atoms with Crippen molar-refractivity contribution in [2.24, 2.45) is 0 Å². The summed E-state index contributed by atoms with van der Waals surface area (Å²) in [5, 5.41) is 8.85. The molecule has 0 aromatic carbocycles. The van der Waals surface area contributed by atoms with Crippen LogP contribution in [0, 0.1) is 12.7 Å². The Morgan fingerprint density at radius 3 is 3.12 bits per heavy atom. The van der Waals surface area contributed by atoms with Crippen LogP contribution >= 0.6 is 0 Å². The highest BCUT2D eigenvalue weighted by molar-refractivity contribution is 5.73. The fourth-order valence-electron chi connectivity index (χ4n) is 1.66. The number of anilines is 1. The third-order valence-corrected chi connectivity index (χ3v) is 2.59. The third kappa shape index (κ3) is 2.33. The summed E-state index contributed by atoms with van der Waals surface area (Å²) < 4.78 is 18.8. The Kier molecular flexibility index (Phi) is 3.19. The fourth-order valence-corrected chi connectivity index (χ4v) is 1.66. The van der Waals surface area contributed by atoms with E-state index in [0.29, 0.717) is 6.54 Å². The minimum absolute atomic E-state index is 0.0860. The maximum Gasteiger partial charge on any atom is 0.334 e. The second kappa shape index (κ2) is 4.62. The molecule has 1 aromatic rings. The molecule has 17 heavy (non-hydrogen) atoms. The van der Waals surface area contributed by atoms with Gasteiger partial charge in [-0.2, -0.15) is 0 Å². The van der Waals surface area contributed by atoms with Gasteiger partial charge in [-0.15, -0.1) is 0 Å². The highest BCUT2D eigenvalue weighted by atomic mass is 19.1. The van der Waals surface area contributed by atoms with Gasteiger partial charge in [0.15, 0.2) is 17.7 Å². The van der Waals surface area contributed by atoms with Crippen LogP contribution in [-0.4, -0.2) is 46.8 Å². The zero-order valence-electron chi connectivity index (χ0n) is 9.26. The van der Waals surface area contributed by atoms with E-state index in [-0.39, 0.29) is 24.7 Å². The molecule has 0 spiro atoms. The first-order chi connectivity index (χ1) is 8.09. The van der Waals surface area contributed by atoms with Crippen LogP contribution in [0.25, 0.3) is 0 Å². The summed E-state index contributed by atoms with van der Waals surface area (Å²) in [6.45, 7) is 2.27. The predicted molar refractivity (Wildman–Crippen MR) is 56.3 cm³/mol. The molecule has 0 saturated carbocycles. The fraction of sp³-hybridized carbons (Fsp3) is 0.500. The second-order valence-electron chi connectivity index (χ2n) is 3.74. The number of aromatic nitrogens is 2. The SMILES string of the molecule is Cc1ncnc(N2CCOC(C(=O)O)C2)c1F. The van der Waals surface area contributed by atoms with Gasteiger partial charge in [0.2, 0.25) is 0 Å². The zero-order valence-corrected chi connectivity index (χ0v) is 9.26. The van der Waals surface area contributed by atoms with Gasteiger partial charge >= 0.3 is 5.97 Å². The average Bonchev–Trinajstić information content (AvgIpc) is 2.33. The number of carboxylic acids is 1. The Hall–Kier alpha value is -1.76. The Bertz CT molecular complexity index is 441. The Morgan fingerprint density at radius 2 is 2.41 bits per heavy atom. The molecule has 1 fully saturated rings. The quantitative estimate of drug-likeness (QED) is 0.798. The summed E-state index contributed by atoms with van der Waals surface area (Å²) in [5.74, 6) is -1.44. The molecular formula is C10H12FN3O3. The Morgan fingerprint density at radius 1 is 1.65 bits per heavy atom. The number of carboxylic acid groups (broad SMARTS) is 1. The van der Waals surface area contributed by atoms with Gasteiger partial charge < -0.3 is 14.7 Å². The van der Waals surface area contributed by atoms with Crippen molar-refractivity contribution in [2.75, 3.05) is 24.6 Å². The molecule has 0 amide bonds. The molecule has 0 radical (unpaired) electrons. The number of ether oxygens (including phenoxy) is 1. The van der Waals surface area contributed by atoms with Crippen molar-refractivity contribution < 1.29 is 19.0 Å². The topological polar surface area (TPSA) is 75.5 Å².